The van der Waals surface area contributed by atoms with E-state index in [0.717, 1.165) is 0 Å². The molecule has 7 heteroatoms. The summed E-state index contributed by atoms with van der Waals surface area (Å²) in [7, 11) is 0. The number of carbonyl (C=O) groups excluding carboxylic acids is 2. The van der Waals surface area contributed by atoms with Crippen LogP contribution in [0.2, 0.25) is 0 Å². The van der Waals surface area contributed by atoms with E-state index in [1.807, 2.05) is 0 Å². The Morgan fingerprint density at radius 2 is 2.00 bits per heavy atom. The fraction of sp³-hybridized carbons (Fsp3) is 0.222. The summed E-state index contributed by atoms with van der Waals surface area (Å²) in [5, 5.41) is 12.0. The molecule has 1 aromatic carbocycles. The smallest absolute Gasteiger partial charge is 0.330 e. The molecule has 2 heterocycles. The van der Waals surface area contributed by atoms with Crippen LogP contribution in [0.5, 0.6) is 0 Å². The van der Waals surface area contributed by atoms with Gasteiger partial charge in [-0.25, -0.2) is 4.79 Å². The summed E-state index contributed by atoms with van der Waals surface area (Å²) in [6, 6.07) is 7.22. The first-order chi connectivity index (χ1) is 11.9. The number of hydrogen-bond acceptors (Lipinski definition) is 4. The quantitative estimate of drug-likeness (QED) is 0.864. The Labute approximate surface area is 144 Å². The van der Waals surface area contributed by atoms with Crippen LogP contribution in [0.25, 0.3) is 0 Å². The predicted octanol–water partition coefficient (Wildman–Crippen LogP) is 1.40. The predicted molar refractivity (Wildman–Crippen MR) is 90.5 cm³/mol. The number of amidine groups is 1. The Balaban J connectivity index is 1.90. The van der Waals surface area contributed by atoms with Crippen molar-refractivity contribution in [1.29, 1.82) is 0 Å². The highest BCUT2D eigenvalue weighted by Gasteiger charge is 2.46. The Morgan fingerprint density at radius 3 is 2.68 bits per heavy atom. The van der Waals surface area contributed by atoms with Gasteiger partial charge in [0, 0.05) is 6.20 Å². The number of hydrogen-bond donors (Lipinski definition) is 2. The number of nitrogens with one attached hydrogen (secondary N) is 1. The summed E-state index contributed by atoms with van der Waals surface area (Å²) in [4.78, 5) is 42.0. The van der Waals surface area contributed by atoms with Crippen LogP contribution in [0.3, 0.4) is 0 Å². The Hall–Kier alpha value is -3.22. The first-order valence-corrected chi connectivity index (χ1v) is 7.76. The third-order valence-corrected chi connectivity index (χ3v) is 4.25. The minimum absolute atomic E-state index is 0.137. The zero-order chi connectivity index (χ0) is 18.0. The van der Waals surface area contributed by atoms with Crippen molar-refractivity contribution < 1.29 is 19.5 Å². The molecule has 0 aromatic heterocycles. The second-order valence-corrected chi connectivity index (χ2v) is 6.04. The molecule has 2 N–H and O–H groups in total. The molecule has 0 saturated heterocycles. The van der Waals surface area contributed by atoms with E-state index in [-0.39, 0.29) is 6.42 Å². The average Bonchev–Trinajstić information content (AvgIpc) is 2.59. The number of fused-ring (bicyclic) bond motifs is 1. The van der Waals surface area contributed by atoms with E-state index in [1.165, 1.54) is 0 Å². The third kappa shape index (κ3) is 3.08. The third-order valence-electron chi connectivity index (χ3n) is 4.25. The van der Waals surface area contributed by atoms with Gasteiger partial charge in [-0.15, -0.1) is 0 Å². The minimum Gasteiger partial charge on any atom is -0.479 e. The average molecular weight is 339 g/mol. The van der Waals surface area contributed by atoms with Crippen molar-refractivity contribution in [2.45, 2.75) is 24.9 Å². The maximum absolute atomic E-state index is 12.9. The second-order valence-electron chi connectivity index (χ2n) is 6.04. The highest BCUT2D eigenvalue weighted by atomic mass is 16.4. The maximum Gasteiger partial charge on any atom is 0.330 e. The molecule has 2 unspecified atom stereocenters. The fourth-order valence-electron chi connectivity index (χ4n) is 2.90. The molecule has 3 rings (SSSR count). The topological polar surface area (TPSA) is 99.1 Å². The summed E-state index contributed by atoms with van der Waals surface area (Å²) in [6.45, 7) is 1.60. The van der Waals surface area contributed by atoms with Crippen molar-refractivity contribution in [3.8, 4) is 0 Å². The fourth-order valence-corrected chi connectivity index (χ4v) is 2.90. The number of aliphatic carboxylic acids is 1. The van der Waals surface area contributed by atoms with Crippen LogP contribution in [-0.4, -0.2) is 39.2 Å². The number of allylic oxidation sites excluding steroid dienone is 2. The number of amides is 2. The number of benzene rings is 1. The van der Waals surface area contributed by atoms with Crippen molar-refractivity contribution in [3.63, 3.8) is 0 Å². The normalized spacial score (nSPS) is 22.8. The molecular formula is C18H17N3O4. The van der Waals surface area contributed by atoms with Gasteiger partial charge < -0.3 is 15.3 Å². The van der Waals surface area contributed by atoms with Crippen molar-refractivity contribution >= 4 is 23.6 Å². The first kappa shape index (κ1) is 16.6. The minimum atomic E-state index is -1.25. The van der Waals surface area contributed by atoms with E-state index in [2.05, 4.69) is 10.3 Å². The van der Waals surface area contributed by atoms with Gasteiger partial charge in [-0.1, -0.05) is 36.4 Å². The van der Waals surface area contributed by atoms with Crippen LogP contribution in [0.1, 0.15) is 24.9 Å². The number of rotatable bonds is 4. The van der Waals surface area contributed by atoms with Gasteiger partial charge in [-0.3, -0.25) is 9.59 Å². The SMILES string of the molecule is CC1(C(=O)NC(C(=O)O)c2ccccc2)CC(=O)N=C2C=CC=CN21. The molecule has 2 atom stereocenters. The lowest BCUT2D eigenvalue weighted by Gasteiger charge is -2.42. The number of nitrogens with zero attached hydrogens (tertiary/aromatic N) is 2. The van der Waals surface area contributed by atoms with Gasteiger partial charge in [-0.2, -0.15) is 4.99 Å². The van der Waals surface area contributed by atoms with Gasteiger partial charge in [0.1, 0.15) is 11.4 Å². The van der Waals surface area contributed by atoms with Crippen molar-refractivity contribution in [2.24, 2.45) is 4.99 Å². The van der Waals surface area contributed by atoms with Crippen LogP contribution in [0.4, 0.5) is 0 Å². The standard InChI is InChI=1S/C18H17N3O4/c1-18(11-14(22)19-13-9-5-6-10-21(13)18)17(25)20-15(16(23)24)12-7-3-2-4-8-12/h2-10,15H,11H2,1H3,(H,20,25)(H,23,24). The lowest BCUT2D eigenvalue weighted by Crippen LogP contribution is -2.60. The molecule has 2 aliphatic rings. The summed E-state index contributed by atoms with van der Waals surface area (Å²) in [5.41, 5.74) is -0.796. The molecule has 2 aliphatic heterocycles. The first-order valence-electron chi connectivity index (χ1n) is 7.76. The van der Waals surface area contributed by atoms with Crippen LogP contribution >= 0.6 is 0 Å². The zero-order valence-electron chi connectivity index (χ0n) is 13.5. The van der Waals surface area contributed by atoms with Gasteiger partial charge in [0.15, 0.2) is 6.04 Å². The number of carboxylic acids is 1. The molecule has 0 aliphatic carbocycles. The molecule has 2 amide bonds. The summed E-state index contributed by atoms with van der Waals surface area (Å²) in [6.07, 6.45) is 6.60. The van der Waals surface area contributed by atoms with Crippen molar-refractivity contribution in [3.05, 3.63) is 60.3 Å². The van der Waals surface area contributed by atoms with Crippen molar-refractivity contribution in [2.75, 3.05) is 0 Å². The van der Waals surface area contributed by atoms with Crippen LogP contribution < -0.4 is 5.32 Å². The molecule has 0 saturated carbocycles. The Morgan fingerprint density at radius 1 is 1.28 bits per heavy atom. The van der Waals surface area contributed by atoms with E-state index in [9.17, 15) is 19.5 Å². The molecule has 128 valence electrons. The number of carboxylic acid groups (broad SMARTS) is 1. The maximum atomic E-state index is 12.9. The van der Waals surface area contributed by atoms with Crippen LogP contribution in [-0.2, 0) is 14.4 Å². The van der Waals surface area contributed by atoms with E-state index in [0.29, 0.717) is 11.4 Å². The van der Waals surface area contributed by atoms with Crippen molar-refractivity contribution in [1.82, 2.24) is 10.2 Å². The molecule has 0 radical (unpaired) electrons. The molecule has 0 fully saturated rings. The summed E-state index contributed by atoms with van der Waals surface area (Å²) < 4.78 is 0. The van der Waals surface area contributed by atoms with E-state index < -0.39 is 29.4 Å². The molecule has 0 bridgehead atoms. The van der Waals surface area contributed by atoms with Gasteiger partial charge in [-0.05, 0) is 24.6 Å². The van der Waals surface area contributed by atoms with Crippen LogP contribution in [0.15, 0.2) is 59.8 Å². The second kappa shape index (κ2) is 6.35. The Bertz CT molecular complexity index is 813. The highest BCUT2D eigenvalue weighted by molar-refractivity contribution is 6.09. The molecule has 1 aromatic rings. The molecule has 25 heavy (non-hydrogen) atoms. The summed E-state index contributed by atoms with van der Waals surface area (Å²) in [5.74, 6) is -1.78. The van der Waals surface area contributed by atoms with Gasteiger partial charge >= 0.3 is 5.97 Å². The summed E-state index contributed by atoms with van der Waals surface area (Å²) >= 11 is 0. The Kier molecular flexibility index (Phi) is 4.22. The van der Waals surface area contributed by atoms with E-state index in [1.54, 1.807) is 66.6 Å². The lowest BCUT2D eigenvalue weighted by atomic mass is 9.90. The van der Waals surface area contributed by atoms with Gasteiger partial charge in [0.05, 0.1) is 6.42 Å². The molecule has 7 nitrogen and oxygen atoms in total. The monoisotopic (exact) mass is 339 g/mol. The van der Waals surface area contributed by atoms with E-state index >= 15 is 0 Å². The zero-order valence-corrected chi connectivity index (χ0v) is 13.5. The lowest BCUT2D eigenvalue weighted by molar-refractivity contribution is -0.144. The van der Waals surface area contributed by atoms with Crippen LogP contribution in [0, 0.1) is 0 Å². The van der Waals surface area contributed by atoms with Gasteiger partial charge in [0.2, 0.25) is 5.91 Å². The number of carbonyl (C=O) groups is 3. The van der Waals surface area contributed by atoms with E-state index in [4.69, 9.17) is 0 Å². The van der Waals surface area contributed by atoms with Gasteiger partial charge in [0.25, 0.3) is 5.91 Å². The molecular weight excluding hydrogens is 322 g/mol. The molecule has 0 spiro atoms. The number of aliphatic imine (C=N–C) groups is 1. The largest absolute Gasteiger partial charge is 0.479 e. The highest BCUT2D eigenvalue weighted by Crippen LogP contribution is 2.29.